The summed E-state index contributed by atoms with van der Waals surface area (Å²) in [6, 6.07) is 18.2. The van der Waals surface area contributed by atoms with Crippen molar-refractivity contribution in [3.05, 3.63) is 70.1 Å². The summed E-state index contributed by atoms with van der Waals surface area (Å²) in [6.07, 6.45) is 1.17. The molecule has 3 aromatic rings. The molecule has 1 aliphatic rings. The van der Waals surface area contributed by atoms with E-state index in [1.807, 2.05) is 11.3 Å². The van der Waals surface area contributed by atoms with Crippen molar-refractivity contribution in [3.63, 3.8) is 0 Å². The van der Waals surface area contributed by atoms with E-state index in [1.165, 1.54) is 32.5 Å². The Labute approximate surface area is 129 Å². The molecular weight excluding hydrogens is 274 g/mol. The molecule has 0 radical (unpaired) electrons. The van der Waals surface area contributed by atoms with E-state index < -0.39 is 0 Å². The van der Waals surface area contributed by atoms with Gasteiger partial charge >= 0.3 is 0 Å². The van der Waals surface area contributed by atoms with Gasteiger partial charge in [-0.1, -0.05) is 48.0 Å². The minimum atomic E-state index is 0.410. The fourth-order valence-corrected chi connectivity index (χ4v) is 4.85. The first-order valence-electron chi connectivity index (χ1n) is 7.51. The fraction of sp³-hybridized carbons (Fsp3) is 0.263. The van der Waals surface area contributed by atoms with Gasteiger partial charge in [0, 0.05) is 16.1 Å². The summed E-state index contributed by atoms with van der Waals surface area (Å²) in [4.78, 5) is 4.02. The number of hydrogen-bond donors (Lipinski definition) is 0. The van der Waals surface area contributed by atoms with Crippen LogP contribution in [0.3, 0.4) is 0 Å². The zero-order valence-electron chi connectivity index (χ0n) is 12.5. The molecule has 1 nitrogen and oxygen atoms in total. The monoisotopic (exact) mass is 293 g/mol. The number of aryl methyl sites for hydroxylation is 1. The van der Waals surface area contributed by atoms with Crippen molar-refractivity contribution in [1.29, 1.82) is 0 Å². The molecule has 106 valence electrons. The van der Waals surface area contributed by atoms with E-state index in [1.54, 1.807) is 5.56 Å². The predicted octanol–water partition coefficient (Wildman–Crippen LogP) is 4.79. The number of benzene rings is 2. The Kier molecular flexibility index (Phi) is 3.09. The summed E-state index contributed by atoms with van der Waals surface area (Å²) >= 11 is 1.97. The van der Waals surface area contributed by atoms with Gasteiger partial charge < -0.3 is 0 Å². The Morgan fingerprint density at radius 1 is 1.10 bits per heavy atom. The molecule has 0 saturated carbocycles. The molecule has 2 heterocycles. The lowest BCUT2D eigenvalue weighted by atomic mass is 9.93. The molecule has 2 aromatic carbocycles. The van der Waals surface area contributed by atoms with Gasteiger partial charge in [-0.05, 0) is 43.0 Å². The lowest BCUT2D eigenvalue weighted by Crippen LogP contribution is -2.31. The smallest absolute Gasteiger partial charge is 0.0696 e. The standard InChI is InChI=1S/C19H19NS/c1-13-8-9-17-16(12-13)15-10-11-20(2)18(19(15)21-17)14-6-4-3-5-7-14/h3-9,12,18H,10-11H2,1-2H3. The zero-order valence-corrected chi connectivity index (χ0v) is 13.3. The highest BCUT2D eigenvalue weighted by Crippen LogP contribution is 2.43. The first kappa shape index (κ1) is 13.1. The average Bonchev–Trinajstić information content (AvgIpc) is 2.85. The Bertz CT molecular complexity index is 788. The molecule has 1 aliphatic heterocycles. The molecule has 1 atom stereocenters. The third-order valence-electron chi connectivity index (χ3n) is 4.50. The maximum Gasteiger partial charge on any atom is 0.0696 e. The summed E-state index contributed by atoms with van der Waals surface area (Å²) in [5.41, 5.74) is 4.34. The predicted molar refractivity (Wildman–Crippen MR) is 91.2 cm³/mol. The second kappa shape index (κ2) is 4.97. The Morgan fingerprint density at radius 3 is 2.71 bits per heavy atom. The van der Waals surface area contributed by atoms with Crippen molar-refractivity contribution in [2.75, 3.05) is 13.6 Å². The van der Waals surface area contributed by atoms with E-state index in [-0.39, 0.29) is 0 Å². The van der Waals surface area contributed by atoms with Gasteiger partial charge in [-0.3, -0.25) is 4.90 Å². The van der Waals surface area contributed by atoms with Crippen molar-refractivity contribution in [2.24, 2.45) is 0 Å². The molecular formula is C19H19NS. The molecule has 1 aromatic heterocycles. The number of fused-ring (bicyclic) bond motifs is 3. The van der Waals surface area contributed by atoms with Gasteiger partial charge in [0.25, 0.3) is 0 Å². The fourth-order valence-electron chi connectivity index (χ4n) is 3.42. The molecule has 0 N–H and O–H groups in total. The van der Waals surface area contributed by atoms with E-state index >= 15 is 0 Å². The Morgan fingerprint density at radius 2 is 1.90 bits per heavy atom. The summed E-state index contributed by atoms with van der Waals surface area (Å²) in [6.45, 7) is 3.32. The molecule has 0 fully saturated rings. The van der Waals surface area contributed by atoms with Crippen LogP contribution in [-0.2, 0) is 6.42 Å². The van der Waals surface area contributed by atoms with Crippen molar-refractivity contribution >= 4 is 21.4 Å². The maximum absolute atomic E-state index is 2.49. The van der Waals surface area contributed by atoms with Crippen molar-refractivity contribution in [1.82, 2.24) is 4.90 Å². The Balaban J connectivity index is 1.94. The van der Waals surface area contributed by atoms with Crippen LogP contribution in [0.1, 0.15) is 27.6 Å². The second-order valence-corrected chi connectivity index (χ2v) is 7.07. The van der Waals surface area contributed by atoms with Gasteiger partial charge in [-0.2, -0.15) is 0 Å². The zero-order chi connectivity index (χ0) is 14.4. The minimum absolute atomic E-state index is 0.410. The van der Waals surface area contributed by atoms with E-state index in [4.69, 9.17) is 0 Å². The summed E-state index contributed by atoms with van der Waals surface area (Å²) < 4.78 is 1.43. The molecule has 0 saturated heterocycles. The summed E-state index contributed by atoms with van der Waals surface area (Å²) in [5.74, 6) is 0. The van der Waals surface area contributed by atoms with Crippen LogP contribution in [0.25, 0.3) is 10.1 Å². The van der Waals surface area contributed by atoms with Gasteiger partial charge in [0.1, 0.15) is 0 Å². The van der Waals surface area contributed by atoms with Crippen LogP contribution in [-0.4, -0.2) is 18.5 Å². The van der Waals surface area contributed by atoms with Crippen LogP contribution >= 0.6 is 11.3 Å². The van der Waals surface area contributed by atoms with Crippen LogP contribution in [0.15, 0.2) is 48.5 Å². The van der Waals surface area contributed by atoms with E-state index in [2.05, 4.69) is 67.4 Å². The highest BCUT2D eigenvalue weighted by atomic mass is 32.1. The first-order chi connectivity index (χ1) is 10.2. The van der Waals surface area contributed by atoms with Gasteiger partial charge in [-0.15, -0.1) is 11.3 Å². The third kappa shape index (κ3) is 2.10. The summed E-state index contributed by atoms with van der Waals surface area (Å²) in [5, 5.41) is 1.48. The van der Waals surface area contributed by atoms with E-state index in [0.29, 0.717) is 6.04 Å². The Hall–Kier alpha value is -1.64. The van der Waals surface area contributed by atoms with Gasteiger partial charge in [0.15, 0.2) is 0 Å². The molecule has 0 bridgehead atoms. The van der Waals surface area contributed by atoms with Crippen LogP contribution in [0.4, 0.5) is 0 Å². The normalized spacial score (nSPS) is 18.9. The van der Waals surface area contributed by atoms with Crippen LogP contribution < -0.4 is 0 Å². The highest BCUT2D eigenvalue weighted by molar-refractivity contribution is 7.19. The first-order valence-corrected chi connectivity index (χ1v) is 8.33. The molecule has 4 rings (SSSR count). The average molecular weight is 293 g/mol. The van der Waals surface area contributed by atoms with Crippen molar-refractivity contribution < 1.29 is 0 Å². The van der Waals surface area contributed by atoms with E-state index in [0.717, 1.165) is 6.54 Å². The maximum atomic E-state index is 2.49. The lowest BCUT2D eigenvalue weighted by Gasteiger charge is -2.33. The van der Waals surface area contributed by atoms with Crippen molar-refractivity contribution in [3.8, 4) is 0 Å². The second-order valence-electron chi connectivity index (χ2n) is 5.99. The van der Waals surface area contributed by atoms with E-state index in [9.17, 15) is 0 Å². The van der Waals surface area contributed by atoms with Crippen LogP contribution in [0.2, 0.25) is 0 Å². The van der Waals surface area contributed by atoms with Gasteiger partial charge in [-0.25, -0.2) is 0 Å². The minimum Gasteiger partial charge on any atom is -0.294 e. The number of thiophene rings is 1. The van der Waals surface area contributed by atoms with Crippen LogP contribution in [0, 0.1) is 6.92 Å². The number of hydrogen-bond acceptors (Lipinski definition) is 2. The lowest BCUT2D eigenvalue weighted by molar-refractivity contribution is 0.270. The number of rotatable bonds is 1. The quantitative estimate of drug-likeness (QED) is 0.623. The molecule has 0 spiro atoms. The summed E-state index contributed by atoms with van der Waals surface area (Å²) in [7, 11) is 2.25. The SMILES string of the molecule is Cc1ccc2sc3c(c2c1)CCN(C)C3c1ccccc1. The number of nitrogens with zero attached hydrogens (tertiary/aromatic N) is 1. The largest absolute Gasteiger partial charge is 0.294 e. The third-order valence-corrected chi connectivity index (χ3v) is 5.76. The molecule has 1 unspecified atom stereocenters. The molecule has 0 amide bonds. The highest BCUT2D eigenvalue weighted by Gasteiger charge is 2.29. The number of likely N-dealkylation sites (N-methyl/N-ethyl adjacent to an activating group) is 1. The molecule has 21 heavy (non-hydrogen) atoms. The van der Waals surface area contributed by atoms with Gasteiger partial charge in [0.2, 0.25) is 0 Å². The molecule has 0 aliphatic carbocycles. The topological polar surface area (TPSA) is 3.24 Å². The molecule has 2 heteroatoms. The van der Waals surface area contributed by atoms with Crippen molar-refractivity contribution in [2.45, 2.75) is 19.4 Å². The van der Waals surface area contributed by atoms with Crippen LogP contribution in [0.5, 0.6) is 0 Å². The van der Waals surface area contributed by atoms with Gasteiger partial charge in [0.05, 0.1) is 6.04 Å².